The minimum atomic E-state index is -0.138. The Morgan fingerprint density at radius 3 is 2.91 bits per heavy atom. The zero-order valence-corrected chi connectivity index (χ0v) is 13.5. The van der Waals surface area contributed by atoms with Crippen LogP contribution in [0.25, 0.3) is 6.08 Å². The Bertz CT molecular complexity index is 598. The van der Waals surface area contributed by atoms with Crippen molar-refractivity contribution < 1.29 is 19.1 Å². The monoisotopic (exact) mass is 318 g/mol. The van der Waals surface area contributed by atoms with Crippen LogP contribution in [0.5, 0.6) is 11.5 Å². The third kappa shape index (κ3) is 4.74. The normalized spacial score (nSPS) is 15.2. The first kappa shape index (κ1) is 16.9. The summed E-state index contributed by atoms with van der Waals surface area (Å²) in [7, 11) is 1.57. The number of hydrogen-bond acceptors (Lipinski definition) is 4. The average molecular weight is 318 g/mol. The van der Waals surface area contributed by atoms with Crippen molar-refractivity contribution in [3.05, 3.63) is 29.8 Å². The number of rotatable bonds is 5. The number of amides is 2. The van der Waals surface area contributed by atoms with Crippen LogP contribution in [0, 0.1) is 0 Å². The van der Waals surface area contributed by atoms with Crippen molar-refractivity contribution in [2.24, 2.45) is 0 Å². The summed E-state index contributed by atoms with van der Waals surface area (Å²) in [6, 6.07) is 5.54. The number of methoxy groups -OCH3 is 1. The Labute approximate surface area is 136 Å². The Morgan fingerprint density at radius 1 is 1.35 bits per heavy atom. The molecule has 1 N–H and O–H groups in total. The molecule has 1 aliphatic heterocycles. The van der Waals surface area contributed by atoms with E-state index in [1.54, 1.807) is 18.1 Å². The van der Waals surface area contributed by atoms with Gasteiger partial charge in [0, 0.05) is 26.1 Å². The predicted octanol–water partition coefficient (Wildman–Crippen LogP) is 1.46. The van der Waals surface area contributed by atoms with Crippen molar-refractivity contribution in [1.82, 2.24) is 10.2 Å². The highest BCUT2D eigenvalue weighted by atomic mass is 16.5. The highest BCUT2D eigenvalue weighted by Gasteiger charge is 2.19. The lowest BCUT2D eigenvalue weighted by Crippen LogP contribution is -2.37. The fourth-order valence-corrected chi connectivity index (χ4v) is 2.35. The number of carbonyl (C=O) groups excluding carboxylic acids is 2. The zero-order valence-electron chi connectivity index (χ0n) is 13.5. The average Bonchev–Trinajstić information content (AvgIpc) is 2.78. The van der Waals surface area contributed by atoms with Gasteiger partial charge in [0.1, 0.15) is 0 Å². The summed E-state index contributed by atoms with van der Waals surface area (Å²) in [5.74, 6) is 0.947. The number of nitrogens with zero attached hydrogens (tertiary/aromatic N) is 1. The highest BCUT2D eigenvalue weighted by Crippen LogP contribution is 2.28. The third-order valence-corrected chi connectivity index (χ3v) is 3.56. The molecule has 6 heteroatoms. The van der Waals surface area contributed by atoms with Crippen molar-refractivity contribution >= 4 is 17.9 Å². The Morgan fingerprint density at radius 2 is 2.17 bits per heavy atom. The molecule has 124 valence electrons. The van der Waals surface area contributed by atoms with Gasteiger partial charge in [0.05, 0.1) is 7.11 Å². The SMILES string of the molecule is CC=Cc1ccc(OCC(=O)N2CCNC(=O)CC2)c(OC)c1. The van der Waals surface area contributed by atoms with Crippen LogP contribution in [0.3, 0.4) is 0 Å². The van der Waals surface area contributed by atoms with E-state index in [-0.39, 0.29) is 18.4 Å². The number of ether oxygens (including phenoxy) is 2. The molecule has 1 fully saturated rings. The summed E-state index contributed by atoms with van der Waals surface area (Å²) < 4.78 is 10.9. The zero-order chi connectivity index (χ0) is 16.7. The van der Waals surface area contributed by atoms with Crippen LogP contribution in [0.1, 0.15) is 18.9 Å². The molecule has 2 amide bonds. The third-order valence-electron chi connectivity index (χ3n) is 3.56. The molecule has 0 aliphatic carbocycles. The van der Waals surface area contributed by atoms with Crippen LogP contribution < -0.4 is 14.8 Å². The van der Waals surface area contributed by atoms with Gasteiger partial charge in [0.15, 0.2) is 18.1 Å². The molecular weight excluding hydrogens is 296 g/mol. The topological polar surface area (TPSA) is 67.9 Å². The molecule has 0 saturated carbocycles. The van der Waals surface area contributed by atoms with E-state index in [9.17, 15) is 9.59 Å². The fourth-order valence-electron chi connectivity index (χ4n) is 2.35. The molecule has 0 bridgehead atoms. The second-order valence-electron chi connectivity index (χ2n) is 5.18. The predicted molar refractivity (Wildman–Crippen MR) is 87.4 cm³/mol. The van der Waals surface area contributed by atoms with E-state index in [0.717, 1.165) is 5.56 Å². The number of nitrogens with one attached hydrogen (secondary N) is 1. The summed E-state index contributed by atoms with van der Waals surface area (Å²) in [4.78, 5) is 25.1. The number of carbonyl (C=O) groups is 2. The summed E-state index contributed by atoms with van der Waals surface area (Å²) in [6.07, 6.45) is 4.22. The van der Waals surface area contributed by atoms with Crippen molar-refractivity contribution in [1.29, 1.82) is 0 Å². The van der Waals surface area contributed by atoms with Crippen molar-refractivity contribution in [2.75, 3.05) is 33.4 Å². The van der Waals surface area contributed by atoms with Crippen LogP contribution in [0.4, 0.5) is 0 Å². The first-order valence-electron chi connectivity index (χ1n) is 7.62. The molecule has 0 spiro atoms. The quantitative estimate of drug-likeness (QED) is 0.892. The van der Waals surface area contributed by atoms with Gasteiger partial charge >= 0.3 is 0 Å². The fraction of sp³-hybridized carbons (Fsp3) is 0.412. The molecule has 0 aromatic heterocycles. The maximum Gasteiger partial charge on any atom is 0.260 e. The van der Waals surface area contributed by atoms with Gasteiger partial charge in [0.25, 0.3) is 5.91 Å². The van der Waals surface area contributed by atoms with E-state index >= 15 is 0 Å². The lowest BCUT2D eigenvalue weighted by Gasteiger charge is -2.20. The largest absolute Gasteiger partial charge is 0.493 e. The maximum atomic E-state index is 12.2. The molecule has 0 atom stereocenters. The first-order chi connectivity index (χ1) is 11.1. The Hall–Kier alpha value is -2.50. The number of hydrogen-bond donors (Lipinski definition) is 1. The van der Waals surface area contributed by atoms with E-state index in [0.29, 0.717) is 37.6 Å². The number of benzene rings is 1. The first-order valence-corrected chi connectivity index (χ1v) is 7.62. The van der Waals surface area contributed by atoms with Crippen LogP contribution in [-0.2, 0) is 9.59 Å². The van der Waals surface area contributed by atoms with E-state index in [1.807, 2.05) is 31.2 Å². The molecule has 0 unspecified atom stereocenters. The van der Waals surface area contributed by atoms with Crippen LogP contribution in [0.15, 0.2) is 24.3 Å². The van der Waals surface area contributed by atoms with E-state index in [4.69, 9.17) is 9.47 Å². The second kappa shape index (κ2) is 8.22. The molecule has 1 aromatic rings. The van der Waals surface area contributed by atoms with Gasteiger partial charge in [-0.05, 0) is 24.6 Å². The smallest absolute Gasteiger partial charge is 0.260 e. The minimum Gasteiger partial charge on any atom is -0.493 e. The standard InChI is InChI=1S/C17H22N2O4/c1-3-4-13-5-6-14(15(11-13)22-2)23-12-17(21)19-9-7-16(20)18-8-10-19/h3-6,11H,7-10,12H2,1-2H3,(H,18,20). The summed E-state index contributed by atoms with van der Waals surface area (Å²) in [6.45, 7) is 3.27. The lowest BCUT2D eigenvalue weighted by molar-refractivity contribution is -0.133. The molecule has 1 aromatic carbocycles. The molecule has 0 radical (unpaired) electrons. The second-order valence-corrected chi connectivity index (χ2v) is 5.18. The maximum absolute atomic E-state index is 12.2. The van der Waals surface area contributed by atoms with Gasteiger partial charge < -0.3 is 19.7 Å². The van der Waals surface area contributed by atoms with Crippen LogP contribution in [0.2, 0.25) is 0 Å². The molecule has 1 heterocycles. The van der Waals surface area contributed by atoms with E-state index in [2.05, 4.69) is 5.32 Å². The van der Waals surface area contributed by atoms with Gasteiger partial charge in [-0.3, -0.25) is 9.59 Å². The van der Waals surface area contributed by atoms with Crippen molar-refractivity contribution in [3.8, 4) is 11.5 Å². The number of allylic oxidation sites excluding steroid dienone is 1. The van der Waals surface area contributed by atoms with Gasteiger partial charge in [-0.2, -0.15) is 0 Å². The van der Waals surface area contributed by atoms with Gasteiger partial charge in [-0.25, -0.2) is 0 Å². The van der Waals surface area contributed by atoms with Crippen molar-refractivity contribution in [2.45, 2.75) is 13.3 Å². The lowest BCUT2D eigenvalue weighted by atomic mass is 10.2. The van der Waals surface area contributed by atoms with Gasteiger partial charge in [0.2, 0.25) is 5.91 Å². The van der Waals surface area contributed by atoms with Crippen LogP contribution >= 0.6 is 0 Å². The van der Waals surface area contributed by atoms with Gasteiger partial charge in [-0.15, -0.1) is 0 Å². The molecule has 2 rings (SSSR count). The van der Waals surface area contributed by atoms with Crippen molar-refractivity contribution in [3.63, 3.8) is 0 Å². The molecule has 23 heavy (non-hydrogen) atoms. The Kier molecular flexibility index (Phi) is 6.02. The highest BCUT2D eigenvalue weighted by molar-refractivity contribution is 5.81. The molecule has 6 nitrogen and oxygen atoms in total. The molecule has 1 saturated heterocycles. The van der Waals surface area contributed by atoms with E-state index in [1.165, 1.54) is 0 Å². The Balaban J connectivity index is 1.96. The summed E-state index contributed by atoms with van der Waals surface area (Å²) >= 11 is 0. The van der Waals surface area contributed by atoms with E-state index < -0.39 is 0 Å². The summed E-state index contributed by atoms with van der Waals surface area (Å²) in [5, 5.41) is 2.74. The van der Waals surface area contributed by atoms with Crippen LogP contribution in [-0.4, -0.2) is 50.1 Å². The molecular formula is C17H22N2O4. The summed E-state index contributed by atoms with van der Waals surface area (Å²) in [5.41, 5.74) is 1.00. The minimum absolute atomic E-state index is 0.0255. The van der Waals surface area contributed by atoms with Gasteiger partial charge in [-0.1, -0.05) is 18.2 Å². The molecule has 1 aliphatic rings.